The Labute approximate surface area is 343 Å². The largest absolute Gasteiger partial charge is 0.309 e. The first-order valence-corrected chi connectivity index (χ1v) is 20.4. The molecule has 0 amide bonds. The second-order valence-electron chi connectivity index (χ2n) is 15.7. The Morgan fingerprint density at radius 3 is 1.28 bits per heavy atom. The number of para-hydroxylation sites is 6. The molecule has 4 heterocycles. The molecule has 0 atom stereocenters. The molecule has 0 saturated heterocycles. The molecule has 9 aromatic carbocycles. The molecule has 0 radical (unpaired) electrons. The molecular weight excluding hydrogens is 733 g/mol. The fourth-order valence-electron chi connectivity index (χ4n) is 10.0. The third kappa shape index (κ3) is 4.49. The summed E-state index contributed by atoms with van der Waals surface area (Å²) in [4.78, 5) is 15.4. The molecule has 280 valence electrons. The summed E-state index contributed by atoms with van der Waals surface area (Å²) in [5, 5.41) is 9.54. The summed E-state index contributed by atoms with van der Waals surface area (Å²) in [6.07, 6.45) is 0. The molecule has 0 aliphatic carbocycles. The molecule has 5 heteroatoms. The second kappa shape index (κ2) is 12.4. The van der Waals surface area contributed by atoms with Gasteiger partial charge in [0.1, 0.15) is 0 Å². The lowest BCUT2D eigenvalue weighted by Gasteiger charge is -2.16. The predicted octanol–water partition coefficient (Wildman–Crippen LogP) is 13.4. The zero-order chi connectivity index (χ0) is 39.5. The molecule has 5 nitrogen and oxygen atoms in total. The van der Waals surface area contributed by atoms with Gasteiger partial charge in [-0.25, -0.2) is 0 Å². The molecule has 0 aliphatic rings. The highest BCUT2D eigenvalue weighted by Crippen LogP contribution is 2.43. The summed E-state index contributed by atoms with van der Waals surface area (Å²) in [6.45, 7) is 0. The van der Waals surface area contributed by atoms with Crippen molar-refractivity contribution < 1.29 is 0 Å². The highest BCUT2D eigenvalue weighted by Gasteiger charge is 2.23. The van der Waals surface area contributed by atoms with E-state index in [1.54, 1.807) is 0 Å². The number of nitrogens with zero attached hydrogens (tertiary/aromatic N) is 4. The van der Waals surface area contributed by atoms with Crippen LogP contribution in [0.25, 0.3) is 110 Å². The maximum absolute atomic E-state index is 15.4. The third-order valence-electron chi connectivity index (χ3n) is 12.5. The predicted molar refractivity (Wildman–Crippen MR) is 250 cm³/mol. The van der Waals surface area contributed by atoms with Crippen molar-refractivity contribution in [1.29, 1.82) is 0 Å². The maximum atomic E-state index is 15.4. The Hall–Kier alpha value is -8.15. The lowest BCUT2D eigenvalue weighted by molar-refractivity contribution is 1.06. The van der Waals surface area contributed by atoms with Gasteiger partial charge in [0.2, 0.25) is 0 Å². The molecule has 0 unspecified atom stereocenters. The molecule has 0 aliphatic heterocycles. The molecule has 60 heavy (non-hydrogen) atoms. The zero-order valence-corrected chi connectivity index (χ0v) is 32.3. The van der Waals surface area contributed by atoms with E-state index >= 15 is 4.79 Å². The van der Waals surface area contributed by atoms with Crippen LogP contribution in [0, 0.1) is 0 Å². The van der Waals surface area contributed by atoms with Crippen LogP contribution >= 0.6 is 0 Å². The van der Waals surface area contributed by atoms with Crippen LogP contribution in [0.2, 0.25) is 0 Å². The van der Waals surface area contributed by atoms with Crippen LogP contribution in [-0.4, -0.2) is 18.3 Å². The van der Waals surface area contributed by atoms with Crippen molar-refractivity contribution in [2.45, 2.75) is 0 Å². The topological polar surface area (TPSA) is 36.8 Å². The van der Waals surface area contributed by atoms with Gasteiger partial charge in [0, 0.05) is 54.8 Å². The molecule has 0 fully saturated rings. The highest BCUT2D eigenvalue weighted by atomic mass is 16.1. The fraction of sp³-hybridized carbons (Fsp3) is 0. The van der Waals surface area contributed by atoms with Crippen molar-refractivity contribution in [1.82, 2.24) is 18.3 Å². The Balaban J connectivity index is 1.19. The number of hydrogen-bond donors (Lipinski definition) is 0. The molecule has 13 aromatic rings. The molecule has 0 saturated carbocycles. The SMILES string of the molecule is O=c1c2cc3c(cc2c2cc4c5ccccc5n(-c5ccccc5)c4cc2n1-c1ccccc1)c1ccccc1n3-c1cccc2c1c1ccccc1n2-c1ccccc1. The lowest BCUT2D eigenvalue weighted by atomic mass is 10.0. The van der Waals surface area contributed by atoms with Crippen LogP contribution < -0.4 is 5.56 Å². The average molecular weight is 767 g/mol. The van der Waals surface area contributed by atoms with E-state index < -0.39 is 0 Å². The third-order valence-corrected chi connectivity index (χ3v) is 12.5. The number of pyridine rings is 1. The van der Waals surface area contributed by atoms with E-state index in [1.807, 2.05) is 41.0 Å². The average Bonchev–Trinajstić information content (AvgIpc) is 3.94. The maximum Gasteiger partial charge on any atom is 0.263 e. The summed E-state index contributed by atoms with van der Waals surface area (Å²) in [6, 6.07) is 72.6. The van der Waals surface area contributed by atoms with Crippen molar-refractivity contribution >= 4 is 87.1 Å². The Kier molecular flexibility index (Phi) is 6.81. The summed E-state index contributed by atoms with van der Waals surface area (Å²) in [5.41, 5.74) is 11.4. The van der Waals surface area contributed by atoms with Crippen LogP contribution in [0.15, 0.2) is 211 Å². The standard InChI is InChI=1S/C55H34N4O/c60-55-45-33-51-42(39-24-11-14-27-47(39)59(51)50-30-16-29-49-54(50)40-25-12-15-28-48(40)56(49)35-17-4-1-5-18-35)31-41(45)44-32-43-38-23-10-13-26-46(38)57(36-19-6-2-7-20-36)52(43)34-53(44)58(55)37-21-8-3-9-22-37/h1-34H. The van der Waals surface area contributed by atoms with Crippen LogP contribution in [0.5, 0.6) is 0 Å². The molecule has 0 N–H and O–H groups in total. The minimum Gasteiger partial charge on any atom is -0.309 e. The Morgan fingerprint density at radius 1 is 0.250 bits per heavy atom. The van der Waals surface area contributed by atoms with Gasteiger partial charge in [-0.15, -0.1) is 0 Å². The molecule has 0 bridgehead atoms. The quantitative estimate of drug-likeness (QED) is 0.164. The van der Waals surface area contributed by atoms with E-state index in [2.05, 4.69) is 184 Å². The van der Waals surface area contributed by atoms with E-state index in [9.17, 15) is 0 Å². The van der Waals surface area contributed by atoms with Gasteiger partial charge in [0.15, 0.2) is 0 Å². The number of fused-ring (bicyclic) bond motifs is 12. The fourth-order valence-corrected chi connectivity index (χ4v) is 10.0. The summed E-state index contributed by atoms with van der Waals surface area (Å²) < 4.78 is 8.97. The minimum absolute atomic E-state index is 0.0528. The first-order valence-electron chi connectivity index (χ1n) is 20.4. The second-order valence-corrected chi connectivity index (χ2v) is 15.7. The number of hydrogen-bond acceptors (Lipinski definition) is 1. The summed E-state index contributed by atoms with van der Waals surface area (Å²) in [7, 11) is 0. The minimum atomic E-state index is -0.0528. The van der Waals surface area contributed by atoms with Gasteiger partial charge in [-0.2, -0.15) is 0 Å². The van der Waals surface area contributed by atoms with E-state index in [4.69, 9.17) is 0 Å². The van der Waals surface area contributed by atoms with Gasteiger partial charge in [-0.1, -0.05) is 115 Å². The first-order chi connectivity index (χ1) is 29.7. The van der Waals surface area contributed by atoms with Crippen molar-refractivity contribution in [3.63, 3.8) is 0 Å². The van der Waals surface area contributed by atoms with Crippen molar-refractivity contribution in [3.8, 4) is 22.7 Å². The highest BCUT2D eigenvalue weighted by molar-refractivity contribution is 6.23. The molecule has 4 aromatic heterocycles. The normalized spacial score (nSPS) is 12.1. The lowest BCUT2D eigenvalue weighted by Crippen LogP contribution is -2.19. The van der Waals surface area contributed by atoms with Crippen LogP contribution in [0.1, 0.15) is 0 Å². The molecular formula is C55H34N4O. The number of benzene rings is 9. The van der Waals surface area contributed by atoms with Crippen molar-refractivity contribution in [2.24, 2.45) is 0 Å². The van der Waals surface area contributed by atoms with Gasteiger partial charge in [-0.05, 0) is 96.4 Å². The Bertz CT molecular complexity index is 3950. The van der Waals surface area contributed by atoms with Gasteiger partial charge in [0.05, 0.1) is 49.7 Å². The monoisotopic (exact) mass is 766 g/mol. The summed E-state index contributed by atoms with van der Waals surface area (Å²) >= 11 is 0. The van der Waals surface area contributed by atoms with E-state index in [0.29, 0.717) is 5.39 Å². The smallest absolute Gasteiger partial charge is 0.263 e. The van der Waals surface area contributed by atoms with Crippen LogP contribution in [-0.2, 0) is 0 Å². The van der Waals surface area contributed by atoms with E-state index in [-0.39, 0.29) is 5.56 Å². The summed E-state index contributed by atoms with van der Waals surface area (Å²) in [5.74, 6) is 0. The van der Waals surface area contributed by atoms with E-state index in [0.717, 1.165) is 93.7 Å². The first kappa shape index (κ1) is 32.9. The van der Waals surface area contributed by atoms with Gasteiger partial charge in [0.25, 0.3) is 5.56 Å². The van der Waals surface area contributed by atoms with Gasteiger partial charge in [-0.3, -0.25) is 9.36 Å². The van der Waals surface area contributed by atoms with E-state index in [1.165, 1.54) is 10.8 Å². The van der Waals surface area contributed by atoms with Crippen LogP contribution in [0.3, 0.4) is 0 Å². The molecule has 0 spiro atoms. The van der Waals surface area contributed by atoms with Gasteiger partial charge >= 0.3 is 0 Å². The van der Waals surface area contributed by atoms with Crippen molar-refractivity contribution in [3.05, 3.63) is 217 Å². The molecule has 13 rings (SSSR count). The van der Waals surface area contributed by atoms with Crippen molar-refractivity contribution in [2.75, 3.05) is 0 Å². The number of rotatable bonds is 4. The Morgan fingerprint density at radius 2 is 0.667 bits per heavy atom. The zero-order valence-electron chi connectivity index (χ0n) is 32.3. The van der Waals surface area contributed by atoms with Crippen LogP contribution in [0.4, 0.5) is 0 Å². The number of aromatic nitrogens is 4. The van der Waals surface area contributed by atoms with Gasteiger partial charge < -0.3 is 13.7 Å².